The van der Waals surface area contributed by atoms with Gasteiger partial charge in [0.25, 0.3) is 0 Å². The third-order valence-corrected chi connectivity index (χ3v) is 5.54. The minimum Gasteiger partial charge on any atom is -0.358 e. The molecule has 1 aliphatic carbocycles. The smallest absolute Gasteiger partial charge is 0.206 e. The van der Waals surface area contributed by atoms with Crippen molar-refractivity contribution in [3.63, 3.8) is 0 Å². The number of hydrogen-bond acceptors (Lipinski definition) is 6. The van der Waals surface area contributed by atoms with Gasteiger partial charge < -0.3 is 5.32 Å². The van der Waals surface area contributed by atoms with Crippen LogP contribution in [-0.2, 0) is 0 Å². The molecule has 4 nitrogen and oxygen atoms in total. The lowest BCUT2D eigenvalue weighted by Crippen LogP contribution is -2.08. The van der Waals surface area contributed by atoms with E-state index < -0.39 is 0 Å². The number of nitrogens with zero attached hydrogens (tertiary/aromatic N) is 3. The van der Waals surface area contributed by atoms with Crippen molar-refractivity contribution in [1.82, 2.24) is 15.2 Å². The summed E-state index contributed by atoms with van der Waals surface area (Å²) in [6.45, 7) is 8.62. The third kappa shape index (κ3) is 2.86. The molecule has 0 saturated heterocycles. The third-order valence-electron chi connectivity index (χ3n) is 3.16. The van der Waals surface area contributed by atoms with E-state index >= 15 is 0 Å². The largest absolute Gasteiger partial charge is 0.358 e. The summed E-state index contributed by atoms with van der Waals surface area (Å²) >= 11 is 3.43. The second-order valence-electron chi connectivity index (χ2n) is 5.91. The normalized spacial score (nSPS) is 15.3. The lowest BCUT2D eigenvalue weighted by Gasteiger charge is -2.03. The quantitative estimate of drug-likeness (QED) is 0.884. The molecule has 1 N–H and O–H groups in total. The first-order chi connectivity index (χ1) is 9.54. The number of hydrogen-bond donors (Lipinski definition) is 1. The van der Waals surface area contributed by atoms with Gasteiger partial charge in [-0.15, -0.1) is 21.5 Å². The molecular weight excluding hydrogens is 288 g/mol. The zero-order valence-corrected chi connectivity index (χ0v) is 13.9. The van der Waals surface area contributed by atoms with Crippen molar-refractivity contribution in [3.05, 3.63) is 10.7 Å². The van der Waals surface area contributed by atoms with Crippen LogP contribution in [0.2, 0.25) is 0 Å². The van der Waals surface area contributed by atoms with Crippen molar-refractivity contribution >= 4 is 27.8 Å². The molecule has 1 saturated carbocycles. The van der Waals surface area contributed by atoms with Crippen molar-refractivity contribution in [3.8, 4) is 9.88 Å². The number of nitrogens with one attached hydrogen (secondary N) is 1. The molecule has 1 fully saturated rings. The Hall–Kier alpha value is -1.01. The molecule has 2 heterocycles. The van der Waals surface area contributed by atoms with Crippen molar-refractivity contribution < 1.29 is 0 Å². The first-order valence-corrected chi connectivity index (χ1v) is 8.79. The molecule has 1 aliphatic rings. The first kappa shape index (κ1) is 13.9. The average molecular weight is 308 g/mol. The maximum Gasteiger partial charge on any atom is 0.206 e. The molecule has 6 heteroatoms. The number of aromatic nitrogens is 3. The molecule has 0 aliphatic heterocycles. The second-order valence-corrected chi connectivity index (χ2v) is 7.92. The van der Waals surface area contributed by atoms with Crippen LogP contribution in [-0.4, -0.2) is 21.2 Å². The van der Waals surface area contributed by atoms with Gasteiger partial charge in [-0.05, 0) is 26.7 Å². The van der Waals surface area contributed by atoms with E-state index in [9.17, 15) is 0 Å². The highest BCUT2D eigenvalue weighted by Gasteiger charge is 2.31. The predicted molar refractivity (Wildman–Crippen MR) is 85.8 cm³/mol. The minimum absolute atomic E-state index is 0.381. The monoisotopic (exact) mass is 308 g/mol. The van der Waals surface area contributed by atoms with Crippen LogP contribution in [0, 0.1) is 0 Å². The van der Waals surface area contributed by atoms with Gasteiger partial charge in [-0.25, -0.2) is 4.98 Å². The summed E-state index contributed by atoms with van der Waals surface area (Å²) in [5, 5.41) is 15.1. The minimum atomic E-state index is 0.381. The summed E-state index contributed by atoms with van der Waals surface area (Å²) in [6, 6.07) is 0.381. The van der Waals surface area contributed by atoms with Gasteiger partial charge in [-0.1, -0.05) is 25.2 Å². The Labute approximate surface area is 127 Å². The van der Waals surface area contributed by atoms with Crippen LogP contribution in [0.4, 0.5) is 5.13 Å². The van der Waals surface area contributed by atoms with E-state index in [1.165, 1.54) is 28.4 Å². The van der Waals surface area contributed by atoms with Crippen LogP contribution in [0.3, 0.4) is 0 Å². The predicted octanol–water partition coefficient (Wildman–Crippen LogP) is 4.48. The van der Waals surface area contributed by atoms with Gasteiger partial charge >= 0.3 is 0 Å². The molecule has 0 atom stereocenters. The Morgan fingerprint density at radius 1 is 1.10 bits per heavy atom. The van der Waals surface area contributed by atoms with Crippen molar-refractivity contribution in [2.24, 2.45) is 0 Å². The Balaban J connectivity index is 1.93. The van der Waals surface area contributed by atoms with E-state index in [-0.39, 0.29) is 0 Å². The van der Waals surface area contributed by atoms with Gasteiger partial charge in [0.15, 0.2) is 5.01 Å². The van der Waals surface area contributed by atoms with Crippen LogP contribution in [0.5, 0.6) is 0 Å². The summed E-state index contributed by atoms with van der Waals surface area (Å²) in [7, 11) is 0. The van der Waals surface area contributed by atoms with Crippen LogP contribution in [0.1, 0.15) is 63.1 Å². The average Bonchev–Trinajstić information content (AvgIpc) is 2.95. The SMILES string of the molecule is CC(C)Nc1nnc(-c2sc(C(C)C)nc2C2CC2)s1. The summed E-state index contributed by atoms with van der Waals surface area (Å²) in [5.74, 6) is 1.13. The molecule has 20 heavy (non-hydrogen) atoms. The highest BCUT2D eigenvalue weighted by molar-refractivity contribution is 7.23. The standard InChI is InChI=1S/C14H20N4S2/c1-7(2)12-16-10(9-5-6-9)11(19-12)13-17-18-14(20-13)15-8(3)4/h7-9H,5-6H2,1-4H3,(H,15,18). The molecule has 0 unspecified atom stereocenters. The van der Waals surface area contributed by atoms with Crippen LogP contribution < -0.4 is 5.32 Å². The van der Waals surface area contributed by atoms with E-state index in [0.29, 0.717) is 17.9 Å². The first-order valence-electron chi connectivity index (χ1n) is 7.15. The number of anilines is 1. The molecule has 2 aromatic heterocycles. The van der Waals surface area contributed by atoms with Crippen molar-refractivity contribution in [2.75, 3.05) is 5.32 Å². The Kier molecular flexibility index (Phi) is 3.77. The lowest BCUT2D eigenvalue weighted by atomic mass is 10.2. The summed E-state index contributed by atoms with van der Waals surface area (Å²) < 4.78 is 0. The molecule has 0 radical (unpaired) electrons. The Morgan fingerprint density at radius 2 is 1.85 bits per heavy atom. The maximum absolute atomic E-state index is 4.86. The van der Waals surface area contributed by atoms with Crippen LogP contribution in [0.25, 0.3) is 9.88 Å². The Bertz CT molecular complexity index is 596. The lowest BCUT2D eigenvalue weighted by molar-refractivity contribution is 0.838. The maximum atomic E-state index is 4.86. The van der Waals surface area contributed by atoms with E-state index in [4.69, 9.17) is 4.98 Å². The fourth-order valence-electron chi connectivity index (χ4n) is 2.00. The van der Waals surface area contributed by atoms with Gasteiger partial charge in [0.1, 0.15) is 0 Å². The zero-order valence-electron chi connectivity index (χ0n) is 12.3. The van der Waals surface area contributed by atoms with E-state index in [0.717, 1.165) is 10.1 Å². The van der Waals surface area contributed by atoms with E-state index in [1.54, 1.807) is 22.7 Å². The molecule has 2 aromatic rings. The fraction of sp³-hybridized carbons (Fsp3) is 0.643. The Morgan fingerprint density at radius 3 is 2.45 bits per heavy atom. The van der Waals surface area contributed by atoms with Gasteiger partial charge in [0, 0.05) is 17.9 Å². The highest BCUT2D eigenvalue weighted by Crippen LogP contribution is 2.47. The van der Waals surface area contributed by atoms with Gasteiger partial charge in [-0.2, -0.15) is 0 Å². The second kappa shape index (κ2) is 5.41. The molecule has 0 bridgehead atoms. The number of thiazole rings is 1. The summed E-state index contributed by atoms with van der Waals surface area (Å²) in [5.41, 5.74) is 1.26. The molecule has 0 aromatic carbocycles. The van der Waals surface area contributed by atoms with Gasteiger partial charge in [0.05, 0.1) is 15.6 Å². The molecule has 0 amide bonds. The van der Waals surface area contributed by atoms with E-state index in [2.05, 4.69) is 43.2 Å². The van der Waals surface area contributed by atoms with Crippen molar-refractivity contribution in [2.45, 2.75) is 58.4 Å². The van der Waals surface area contributed by atoms with Gasteiger partial charge in [-0.3, -0.25) is 0 Å². The molecule has 3 rings (SSSR count). The topological polar surface area (TPSA) is 50.7 Å². The summed E-state index contributed by atoms with van der Waals surface area (Å²) in [6.07, 6.45) is 2.54. The molecule has 108 valence electrons. The summed E-state index contributed by atoms with van der Waals surface area (Å²) in [4.78, 5) is 6.10. The van der Waals surface area contributed by atoms with Crippen LogP contribution in [0.15, 0.2) is 0 Å². The molecular formula is C14H20N4S2. The highest BCUT2D eigenvalue weighted by atomic mass is 32.1. The number of rotatable bonds is 5. The van der Waals surface area contributed by atoms with Crippen molar-refractivity contribution in [1.29, 1.82) is 0 Å². The van der Waals surface area contributed by atoms with E-state index in [1.807, 2.05) is 0 Å². The molecule has 0 spiro atoms. The zero-order chi connectivity index (χ0) is 14.3. The van der Waals surface area contributed by atoms with Crippen LogP contribution >= 0.6 is 22.7 Å². The van der Waals surface area contributed by atoms with Gasteiger partial charge in [0.2, 0.25) is 5.13 Å². The fourth-order valence-corrected chi connectivity index (χ4v) is 4.13.